The highest BCUT2D eigenvalue weighted by atomic mass is 31.2. The minimum absolute atomic E-state index is 0.00883. The number of carbonyl (C=O) groups excluding carboxylic acids is 1. The fraction of sp³-hybridized carbons (Fsp3) is 0.721. The maximum Gasteiger partial charge on any atom is 0.268 e. The number of allylic oxidation sites excluding steroid dienone is 15. The highest BCUT2D eigenvalue weighted by Crippen LogP contribution is 2.38. The van der Waals surface area contributed by atoms with Gasteiger partial charge in [0, 0.05) is 6.42 Å². The predicted octanol–water partition coefficient (Wildman–Crippen LogP) is 16.8. The molecule has 0 aromatic heterocycles. The van der Waals surface area contributed by atoms with Crippen molar-refractivity contribution in [2.24, 2.45) is 0 Å². The van der Waals surface area contributed by atoms with Crippen LogP contribution < -0.4 is 10.2 Å². The maximum absolute atomic E-state index is 12.9. The number of phosphoric acid groups is 1. The van der Waals surface area contributed by atoms with Gasteiger partial charge in [-0.2, -0.15) is 0 Å². The number of aliphatic hydroxyl groups is 1. The monoisotopic (exact) mass is 997 g/mol. The van der Waals surface area contributed by atoms with Crippen molar-refractivity contribution in [2.45, 2.75) is 244 Å². The lowest BCUT2D eigenvalue weighted by molar-refractivity contribution is -0.870. The molecule has 0 heterocycles. The molecule has 0 saturated heterocycles. The molecule has 70 heavy (non-hydrogen) atoms. The molecular formula is C61H109N2O6P. The Morgan fingerprint density at radius 1 is 0.514 bits per heavy atom. The third-order valence-corrected chi connectivity index (χ3v) is 13.2. The van der Waals surface area contributed by atoms with Crippen LogP contribution in [0.2, 0.25) is 0 Å². The molecule has 3 atom stereocenters. The Balaban J connectivity index is 3.97. The second-order valence-corrected chi connectivity index (χ2v) is 21.7. The number of nitrogens with zero attached hydrogens (tertiary/aromatic N) is 1. The van der Waals surface area contributed by atoms with E-state index in [2.05, 4.69) is 104 Å². The normalized spacial score (nSPS) is 14.7. The van der Waals surface area contributed by atoms with Gasteiger partial charge in [-0.1, -0.05) is 239 Å². The topological polar surface area (TPSA) is 108 Å². The van der Waals surface area contributed by atoms with E-state index in [0.29, 0.717) is 17.4 Å². The number of carbonyl (C=O) groups is 1. The second-order valence-electron chi connectivity index (χ2n) is 20.3. The van der Waals surface area contributed by atoms with Crippen molar-refractivity contribution in [3.8, 4) is 0 Å². The summed E-state index contributed by atoms with van der Waals surface area (Å²) in [7, 11) is 1.24. The first-order chi connectivity index (χ1) is 34.0. The number of hydrogen-bond donors (Lipinski definition) is 2. The molecule has 9 heteroatoms. The Kier molecular flexibility index (Phi) is 49.4. The van der Waals surface area contributed by atoms with Crippen LogP contribution >= 0.6 is 7.82 Å². The van der Waals surface area contributed by atoms with E-state index in [-0.39, 0.29) is 12.5 Å². The van der Waals surface area contributed by atoms with Crippen molar-refractivity contribution in [3.63, 3.8) is 0 Å². The molecule has 2 N–H and O–H groups in total. The number of hydrogen-bond acceptors (Lipinski definition) is 6. The van der Waals surface area contributed by atoms with Gasteiger partial charge in [0.05, 0.1) is 39.9 Å². The molecule has 0 aliphatic carbocycles. The molecule has 8 nitrogen and oxygen atoms in total. The Morgan fingerprint density at radius 2 is 0.886 bits per heavy atom. The van der Waals surface area contributed by atoms with E-state index in [4.69, 9.17) is 9.05 Å². The highest BCUT2D eigenvalue weighted by Gasteiger charge is 2.23. The summed E-state index contributed by atoms with van der Waals surface area (Å²) in [5.74, 6) is -0.210. The SMILES string of the molecule is CC/C=C\C/C=C\C/C=C\C/C=C\C/C=C\C/C=C\CCCCCCCCCCCCCCCCCCCCC(=O)NC(COP(=O)([O-])OCC[N+](C)(C)C)C(O)/C=C/CC/C=C/CCCCCCC. The van der Waals surface area contributed by atoms with E-state index < -0.39 is 26.6 Å². The lowest BCUT2D eigenvalue weighted by Gasteiger charge is -2.29. The van der Waals surface area contributed by atoms with Gasteiger partial charge in [0.1, 0.15) is 13.2 Å². The lowest BCUT2D eigenvalue weighted by atomic mass is 10.0. The molecule has 0 aromatic carbocycles. The Hall–Kier alpha value is -2.58. The van der Waals surface area contributed by atoms with E-state index in [1.54, 1.807) is 6.08 Å². The van der Waals surface area contributed by atoms with Crippen molar-refractivity contribution in [1.82, 2.24) is 5.32 Å². The van der Waals surface area contributed by atoms with Gasteiger partial charge in [0.15, 0.2) is 0 Å². The summed E-state index contributed by atoms with van der Waals surface area (Å²) in [6.07, 6.45) is 73.6. The molecule has 0 aliphatic rings. The van der Waals surface area contributed by atoms with Gasteiger partial charge in [0.25, 0.3) is 7.82 Å². The van der Waals surface area contributed by atoms with Crippen LogP contribution in [-0.2, 0) is 18.4 Å². The van der Waals surface area contributed by atoms with E-state index in [9.17, 15) is 19.4 Å². The fourth-order valence-corrected chi connectivity index (χ4v) is 8.54. The van der Waals surface area contributed by atoms with Crippen LogP contribution in [-0.4, -0.2) is 68.5 Å². The summed E-state index contributed by atoms with van der Waals surface area (Å²) < 4.78 is 23.2. The van der Waals surface area contributed by atoms with Crippen molar-refractivity contribution >= 4 is 13.7 Å². The average Bonchev–Trinajstić information content (AvgIpc) is 3.32. The maximum atomic E-state index is 12.9. The molecule has 3 unspecified atom stereocenters. The number of aliphatic hydroxyl groups excluding tert-OH is 1. The zero-order valence-electron chi connectivity index (χ0n) is 45.9. The standard InChI is InChI=1S/C61H109N2O6P/c1-6-8-10-12-14-16-18-19-20-21-22-23-24-25-26-27-28-29-30-31-32-33-34-35-36-37-38-39-40-41-42-43-45-47-49-51-53-55-61(65)62-59(58-69-70(66,67)68-57-56-63(3,4)5)60(64)54-52-50-48-46-44-17-15-13-11-9-7-2/h8,10,14,16,19-20,22-23,25-26,28-29,44,46,52,54,59-60,64H,6-7,9,11-13,15,17-18,21,24,27,30-43,45,47-51,53,55-58H2,1-5H3,(H-,62,65,66,67)/b10-8-,16-14-,20-19-,23-22-,26-25-,29-28-,46-44+,54-52+. The smallest absolute Gasteiger partial charge is 0.268 e. The van der Waals surface area contributed by atoms with Crippen molar-refractivity contribution in [2.75, 3.05) is 40.9 Å². The summed E-state index contributed by atoms with van der Waals surface area (Å²) in [4.78, 5) is 25.4. The largest absolute Gasteiger partial charge is 0.756 e. The third-order valence-electron chi connectivity index (χ3n) is 12.3. The van der Waals surface area contributed by atoms with Gasteiger partial charge in [0.2, 0.25) is 5.91 Å². The van der Waals surface area contributed by atoms with Crippen LogP contribution in [0, 0.1) is 0 Å². The fourth-order valence-electron chi connectivity index (χ4n) is 7.82. The molecule has 0 saturated carbocycles. The minimum Gasteiger partial charge on any atom is -0.756 e. The number of quaternary nitrogens is 1. The zero-order valence-corrected chi connectivity index (χ0v) is 46.8. The third kappa shape index (κ3) is 53.2. The number of nitrogens with one attached hydrogen (secondary N) is 1. The first-order valence-corrected chi connectivity index (χ1v) is 30.1. The number of likely N-dealkylation sites (N-methyl/N-ethyl adjacent to an activating group) is 1. The first-order valence-electron chi connectivity index (χ1n) is 28.6. The summed E-state index contributed by atoms with van der Waals surface area (Å²) in [5, 5.41) is 13.8. The molecule has 0 radical (unpaired) electrons. The Morgan fingerprint density at radius 3 is 1.33 bits per heavy atom. The summed E-state index contributed by atoms with van der Waals surface area (Å²) in [5.41, 5.74) is 0. The second kappa shape index (κ2) is 51.3. The van der Waals surface area contributed by atoms with Crippen LogP contribution in [0.1, 0.15) is 232 Å². The summed E-state index contributed by atoms with van der Waals surface area (Å²) in [6.45, 7) is 4.48. The molecule has 404 valence electrons. The average molecular weight is 998 g/mol. The number of rotatable bonds is 51. The minimum atomic E-state index is -4.60. The van der Waals surface area contributed by atoms with Crippen LogP contribution in [0.4, 0.5) is 0 Å². The predicted molar refractivity (Wildman–Crippen MR) is 302 cm³/mol. The van der Waals surface area contributed by atoms with Crippen LogP contribution in [0.25, 0.3) is 0 Å². The summed E-state index contributed by atoms with van der Waals surface area (Å²) in [6, 6.07) is -0.905. The first kappa shape index (κ1) is 67.4. The van der Waals surface area contributed by atoms with Crippen molar-refractivity contribution in [1.29, 1.82) is 0 Å². The molecule has 0 fully saturated rings. The molecule has 0 bridgehead atoms. The van der Waals surface area contributed by atoms with E-state index in [1.165, 1.54) is 135 Å². The van der Waals surface area contributed by atoms with E-state index in [0.717, 1.165) is 77.0 Å². The van der Waals surface area contributed by atoms with Crippen molar-refractivity contribution < 1.29 is 32.9 Å². The number of phosphoric ester groups is 1. The molecule has 0 rings (SSSR count). The number of unbranched alkanes of at least 4 members (excludes halogenated alkanes) is 24. The van der Waals surface area contributed by atoms with Gasteiger partial charge in [-0.25, -0.2) is 0 Å². The number of amides is 1. The van der Waals surface area contributed by atoms with Gasteiger partial charge in [-0.3, -0.25) is 9.36 Å². The Labute approximate surface area is 432 Å². The van der Waals surface area contributed by atoms with Gasteiger partial charge in [-0.05, 0) is 83.5 Å². The van der Waals surface area contributed by atoms with E-state index >= 15 is 0 Å². The quantitative estimate of drug-likeness (QED) is 0.0272. The highest BCUT2D eigenvalue weighted by molar-refractivity contribution is 7.45. The molecular weight excluding hydrogens is 888 g/mol. The van der Waals surface area contributed by atoms with Crippen LogP contribution in [0.15, 0.2) is 97.2 Å². The summed E-state index contributed by atoms with van der Waals surface area (Å²) >= 11 is 0. The molecule has 0 aromatic rings. The molecule has 1 amide bonds. The molecule has 0 aliphatic heterocycles. The van der Waals surface area contributed by atoms with Crippen LogP contribution in [0.3, 0.4) is 0 Å². The van der Waals surface area contributed by atoms with Crippen LogP contribution in [0.5, 0.6) is 0 Å². The lowest BCUT2D eigenvalue weighted by Crippen LogP contribution is -2.45. The molecule has 0 spiro atoms. The Bertz CT molecular complexity index is 1460. The van der Waals surface area contributed by atoms with E-state index in [1.807, 2.05) is 27.2 Å². The zero-order chi connectivity index (χ0) is 51.3. The van der Waals surface area contributed by atoms with Gasteiger partial charge in [-0.15, -0.1) is 0 Å². The van der Waals surface area contributed by atoms with Crippen molar-refractivity contribution in [3.05, 3.63) is 97.2 Å². The van der Waals surface area contributed by atoms with Gasteiger partial charge < -0.3 is 28.8 Å². The van der Waals surface area contributed by atoms with Gasteiger partial charge >= 0.3 is 0 Å².